The van der Waals surface area contributed by atoms with Crippen LogP contribution in [0.4, 0.5) is 13.2 Å². The lowest BCUT2D eigenvalue weighted by Crippen LogP contribution is -2.07. The van der Waals surface area contributed by atoms with E-state index in [0.717, 1.165) is 17.9 Å². The number of fused-ring (bicyclic) bond motifs is 1. The van der Waals surface area contributed by atoms with Crippen molar-refractivity contribution in [2.75, 3.05) is 7.11 Å². The highest BCUT2D eigenvalue weighted by Gasteiger charge is 2.34. The van der Waals surface area contributed by atoms with E-state index in [4.69, 9.17) is 9.47 Å². The summed E-state index contributed by atoms with van der Waals surface area (Å²) in [5.74, 6) is 1.22. The van der Waals surface area contributed by atoms with Crippen LogP contribution < -0.4 is 9.47 Å². The monoisotopic (exact) mass is 513 g/mol. The molecule has 0 amide bonds. The molecule has 1 heterocycles. The maximum Gasteiger partial charge on any atom is 0.418 e. The van der Waals surface area contributed by atoms with Gasteiger partial charge in [-0.1, -0.05) is 66.7 Å². The molecule has 0 aliphatic heterocycles. The molecule has 4 aromatic carbocycles. The van der Waals surface area contributed by atoms with Crippen LogP contribution in [0.5, 0.6) is 11.5 Å². The Morgan fingerprint density at radius 1 is 0.868 bits per heavy atom. The van der Waals surface area contributed by atoms with Crippen LogP contribution in [0, 0.1) is 0 Å². The molecule has 0 bridgehead atoms. The molecule has 190 valence electrons. The Hall–Kier alpha value is -4.65. The van der Waals surface area contributed by atoms with E-state index in [1.807, 2.05) is 24.3 Å². The summed E-state index contributed by atoms with van der Waals surface area (Å²) in [4.78, 5) is 16.0. The quantitative estimate of drug-likeness (QED) is 0.207. The lowest BCUT2D eigenvalue weighted by molar-refractivity contribution is -0.136. The summed E-state index contributed by atoms with van der Waals surface area (Å²) in [6, 6.07) is 25.5. The minimum atomic E-state index is -4.58. The number of alkyl halides is 3. The maximum absolute atomic E-state index is 13.9. The number of hydrogen-bond donors (Lipinski definition) is 0. The number of rotatable bonds is 7. The highest BCUT2D eigenvalue weighted by atomic mass is 19.4. The first-order valence-corrected chi connectivity index (χ1v) is 11.8. The van der Waals surface area contributed by atoms with Gasteiger partial charge in [0.15, 0.2) is 6.29 Å². The SMILES string of the molecule is COc1ccccc1COc1cccc(-c2c(-c3ccccc3C=O)cnc3c(C(F)(F)F)cccc23)c1. The Kier molecular flexibility index (Phi) is 6.83. The second-order valence-corrected chi connectivity index (χ2v) is 8.58. The van der Waals surface area contributed by atoms with Gasteiger partial charge >= 0.3 is 6.18 Å². The number of carbonyl (C=O) groups is 1. The first-order chi connectivity index (χ1) is 18.4. The van der Waals surface area contributed by atoms with E-state index in [1.54, 1.807) is 61.7 Å². The molecule has 4 nitrogen and oxygen atoms in total. The van der Waals surface area contributed by atoms with Crippen molar-refractivity contribution in [3.05, 3.63) is 114 Å². The lowest BCUT2D eigenvalue weighted by atomic mass is 9.90. The highest BCUT2D eigenvalue weighted by Crippen LogP contribution is 2.42. The second-order valence-electron chi connectivity index (χ2n) is 8.58. The van der Waals surface area contributed by atoms with E-state index in [0.29, 0.717) is 44.7 Å². The third-order valence-corrected chi connectivity index (χ3v) is 6.29. The summed E-state index contributed by atoms with van der Waals surface area (Å²) in [5.41, 5.74) is 2.54. The third-order valence-electron chi connectivity index (χ3n) is 6.29. The molecule has 0 saturated heterocycles. The molecule has 0 saturated carbocycles. The summed E-state index contributed by atoms with van der Waals surface area (Å²) in [7, 11) is 1.59. The molecule has 0 atom stereocenters. The van der Waals surface area contributed by atoms with Crippen LogP contribution >= 0.6 is 0 Å². The molecule has 0 N–H and O–H groups in total. The summed E-state index contributed by atoms with van der Waals surface area (Å²) >= 11 is 0. The van der Waals surface area contributed by atoms with E-state index in [1.165, 1.54) is 12.3 Å². The third kappa shape index (κ3) is 4.83. The number of para-hydroxylation sites is 2. The Morgan fingerprint density at radius 2 is 1.63 bits per heavy atom. The zero-order valence-corrected chi connectivity index (χ0v) is 20.3. The van der Waals surface area contributed by atoms with E-state index >= 15 is 0 Å². The number of nitrogens with zero attached hydrogens (tertiary/aromatic N) is 1. The number of pyridine rings is 1. The fourth-order valence-corrected chi connectivity index (χ4v) is 4.54. The average Bonchev–Trinajstić information content (AvgIpc) is 2.94. The minimum absolute atomic E-state index is 0.164. The first kappa shape index (κ1) is 25.0. The molecule has 0 aliphatic carbocycles. The molecule has 1 aromatic heterocycles. The molecule has 0 spiro atoms. The van der Waals surface area contributed by atoms with Crippen molar-refractivity contribution < 1.29 is 27.4 Å². The number of hydrogen-bond acceptors (Lipinski definition) is 4. The van der Waals surface area contributed by atoms with Gasteiger partial charge < -0.3 is 9.47 Å². The van der Waals surface area contributed by atoms with Crippen LogP contribution in [0.2, 0.25) is 0 Å². The summed E-state index contributed by atoms with van der Waals surface area (Å²) in [5, 5.41) is 0.319. The predicted molar refractivity (Wildman–Crippen MR) is 140 cm³/mol. The lowest BCUT2D eigenvalue weighted by Gasteiger charge is -2.18. The van der Waals surface area contributed by atoms with E-state index in [2.05, 4.69) is 4.98 Å². The van der Waals surface area contributed by atoms with Crippen LogP contribution in [0.3, 0.4) is 0 Å². The Balaban J connectivity index is 1.68. The fraction of sp³-hybridized carbons (Fsp3) is 0.0968. The maximum atomic E-state index is 13.9. The van der Waals surface area contributed by atoms with Crippen LogP contribution in [0.1, 0.15) is 21.5 Å². The van der Waals surface area contributed by atoms with Gasteiger partial charge in [0, 0.05) is 33.8 Å². The second kappa shape index (κ2) is 10.4. The fourth-order valence-electron chi connectivity index (χ4n) is 4.54. The zero-order chi connectivity index (χ0) is 26.7. The summed E-state index contributed by atoms with van der Waals surface area (Å²) in [6.45, 7) is 0.240. The number of carbonyl (C=O) groups excluding carboxylic acids is 1. The molecule has 0 aliphatic rings. The van der Waals surface area contributed by atoms with Gasteiger partial charge in [-0.15, -0.1) is 0 Å². The Bertz CT molecular complexity index is 1630. The van der Waals surface area contributed by atoms with Gasteiger partial charge in [0.1, 0.15) is 18.1 Å². The van der Waals surface area contributed by atoms with Crippen molar-refractivity contribution in [3.63, 3.8) is 0 Å². The van der Waals surface area contributed by atoms with Crippen LogP contribution in [0.25, 0.3) is 33.2 Å². The Labute approximate surface area is 217 Å². The van der Waals surface area contributed by atoms with Gasteiger partial charge in [-0.3, -0.25) is 9.78 Å². The number of halogens is 3. The number of aldehydes is 1. The van der Waals surface area contributed by atoms with Gasteiger partial charge in [0.05, 0.1) is 18.2 Å². The standard InChI is InChI=1S/C31H22F3NO3/c1-37-28-15-5-3-9-22(28)19-38-23-11-6-10-20(16-23)29-25-13-7-14-27(31(32,33)34)30(25)35-17-26(29)24-12-4-2-8-21(24)18-36/h2-18H,19H2,1H3. The van der Waals surface area contributed by atoms with Crippen LogP contribution in [-0.2, 0) is 12.8 Å². The van der Waals surface area contributed by atoms with Crippen LogP contribution in [-0.4, -0.2) is 18.4 Å². The number of methoxy groups -OCH3 is 1. The van der Waals surface area contributed by atoms with Gasteiger partial charge in [-0.05, 0) is 35.4 Å². The van der Waals surface area contributed by atoms with Gasteiger partial charge in [-0.2, -0.15) is 13.2 Å². The smallest absolute Gasteiger partial charge is 0.418 e. The van der Waals surface area contributed by atoms with E-state index in [9.17, 15) is 18.0 Å². The largest absolute Gasteiger partial charge is 0.496 e. The number of aromatic nitrogens is 1. The van der Waals surface area contributed by atoms with Crippen molar-refractivity contribution in [1.29, 1.82) is 0 Å². The van der Waals surface area contributed by atoms with Gasteiger partial charge in [-0.25, -0.2) is 0 Å². The van der Waals surface area contributed by atoms with Crippen molar-refractivity contribution in [2.24, 2.45) is 0 Å². The van der Waals surface area contributed by atoms with E-state index < -0.39 is 11.7 Å². The van der Waals surface area contributed by atoms with Crippen molar-refractivity contribution in [2.45, 2.75) is 12.8 Å². The number of ether oxygens (including phenoxy) is 2. The van der Waals surface area contributed by atoms with Gasteiger partial charge in [0.25, 0.3) is 0 Å². The molecule has 5 aromatic rings. The topological polar surface area (TPSA) is 48.4 Å². The van der Waals surface area contributed by atoms with E-state index in [-0.39, 0.29) is 12.1 Å². The highest BCUT2D eigenvalue weighted by molar-refractivity contribution is 6.05. The Morgan fingerprint density at radius 3 is 2.42 bits per heavy atom. The molecule has 38 heavy (non-hydrogen) atoms. The molecule has 5 rings (SSSR count). The molecular formula is C31H22F3NO3. The predicted octanol–water partition coefficient (Wildman–Crippen LogP) is 7.99. The van der Waals surface area contributed by atoms with Gasteiger partial charge in [0.2, 0.25) is 0 Å². The van der Waals surface area contributed by atoms with Crippen molar-refractivity contribution in [1.82, 2.24) is 4.98 Å². The normalized spacial score (nSPS) is 11.4. The zero-order valence-electron chi connectivity index (χ0n) is 20.3. The number of benzene rings is 4. The minimum Gasteiger partial charge on any atom is -0.496 e. The van der Waals surface area contributed by atoms with Crippen molar-refractivity contribution in [3.8, 4) is 33.8 Å². The molecule has 7 heteroatoms. The molecule has 0 fully saturated rings. The molecule has 0 radical (unpaired) electrons. The first-order valence-electron chi connectivity index (χ1n) is 11.8. The summed E-state index contributed by atoms with van der Waals surface area (Å²) in [6.07, 6.45) is -2.45. The molecular weight excluding hydrogens is 491 g/mol. The average molecular weight is 514 g/mol. The summed E-state index contributed by atoms with van der Waals surface area (Å²) < 4.78 is 53.0. The molecule has 0 unspecified atom stereocenters. The van der Waals surface area contributed by atoms with Crippen LogP contribution in [0.15, 0.2) is 97.2 Å². The van der Waals surface area contributed by atoms with Crippen molar-refractivity contribution >= 4 is 17.2 Å².